The van der Waals surface area contributed by atoms with E-state index in [0.717, 1.165) is 89.9 Å². The highest BCUT2D eigenvalue weighted by atomic mass is 31.2. The third kappa shape index (κ3) is 56.2. The van der Waals surface area contributed by atoms with Gasteiger partial charge < -0.3 is 27.9 Å². The first-order valence-electron chi connectivity index (χ1n) is 28.0. The number of carbonyl (C=O) groups excluding carboxylic acids is 1. The molecular weight excluding hydrogens is 878 g/mol. The Morgan fingerprint density at radius 3 is 1.19 bits per heavy atom. The van der Waals surface area contributed by atoms with Crippen molar-refractivity contribution in [3.05, 3.63) is 97.2 Å². The van der Waals surface area contributed by atoms with E-state index >= 15 is 0 Å². The number of likely N-dealkylation sites (N-methyl/N-ethyl adjacent to an activating group) is 1. The highest BCUT2D eigenvalue weighted by Crippen LogP contribution is 2.38. The fourth-order valence-corrected chi connectivity index (χ4v) is 8.14. The normalized spacial score (nSPS) is 14.2. The van der Waals surface area contributed by atoms with Gasteiger partial charge in [0.05, 0.1) is 34.4 Å². The van der Waals surface area contributed by atoms with E-state index in [1.807, 2.05) is 21.1 Å². The first kappa shape index (κ1) is 66.4. The Balaban J connectivity index is 4.11. The molecule has 0 heterocycles. The summed E-state index contributed by atoms with van der Waals surface area (Å²) in [6.07, 6.45) is 71.6. The van der Waals surface area contributed by atoms with Crippen LogP contribution in [0.2, 0.25) is 0 Å². The lowest BCUT2D eigenvalue weighted by atomic mass is 10.0. The number of allylic oxidation sites excluding steroid dienone is 16. The number of ether oxygens (including phenoxy) is 2. The molecule has 0 aliphatic carbocycles. The van der Waals surface area contributed by atoms with Crippen molar-refractivity contribution in [1.29, 1.82) is 0 Å². The van der Waals surface area contributed by atoms with E-state index in [0.29, 0.717) is 24.1 Å². The fraction of sp³-hybridized carbons (Fsp3) is 0.717. The predicted molar refractivity (Wildman–Crippen MR) is 295 cm³/mol. The Morgan fingerprint density at radius 1 is 0.449 bits per heavy atom. The van der Waals surface area contributed by atoms with E-state index in [1.54, 1.807) is 0 Å². The minimum Gasteiger partial charge on any atom is -0.756 e. The van der Waals surface area contributed by atoms with Gasteiger partial charge in [-0.2, -0.15) is 0 Å². The average molecular weight is 984 g/mol. The number of esters is 1. The molecule has 8 nitrogen and oxygen atoms in total. The van der Waals surface area contributed by atoms with Gasteiger partial charge in [-0.1, -0.05) is 220 Å². The zero-order valence-electron chi connectivity index (χ0n) is 45.2. The molecule has 9 heteroatoms. The number of carbonyl (C=O) groups is 1. The number of phosphoric acid groups is 1. The van der Waals surface area contributed by atoms with Crippen LogP contribution in [0.3, 0.4) is 0 Å². The molecule has 0 amide bonds. The molecule has 0 fully saturated rings. The first-order valence-corrected chi connectivity index (χ1v) is 29.4. The lowest BCUT2D eigenvalue weighted by Gasteiger charge is -2.28. The van der Waals surface area contributed by atoms with Gasteiger partial charge in [0.15, 0.2) is 0 Å². The van der Waals surface area contributed by atoms with Crippen molar-refractivity contribution < 1.29 is 37.3 Å². The van der Waals surface area contributed by atoms with Crippen molar-refractivity contribution in [2.75, 3.05) is 54.1 Å². The number of rotatable bonds is 51. The third-order valence-corrected chi connectivity index (χ3v) is 12.6. The Morgan fingerprint density at radius 2 is 0.797 bits per heavy atom. The first-order chi connectivity index (χ1) is 33.6. The molecule has 0 N–H and O–H groups in total. The van der Waals surface area contributed by atoms with Crippen molar-refractivity contribution in [3.8, 4) is 0 Å². The van der Waals surface area contributed by atoms with E-state index < -0.39 is 13.9 Å². The lowest BCUT2D eigenvalue weighted by molar-refractivity contribution is -0.870. The molecule has 2 atom stereocenters. The summed E-state index contributed by atoms with van der Waals surface area (Å²) in [6, 6.07) is 0. The third-order valence-electron chi connectivity index (χ3n) is 11.6. The second-order valence-corrected chi connectivity index (χ2v) is 20.9. The molecule has 0 aromatic carbocycles. The van der Waals surface area contributed by atoms with E-state index in [4.69, 9.17) is 18.5 Å². The number of nitrogens with zero attached hydrogens (tertiary/aromatic N) is 1. The van der Waals surface area contributed by atoms with Crippen molar-refractivity contribution in [3.63, 3.8) is 0 Å². The van der Waals surface area contributed by atoms with Crippen molar-refractivity contribution >= 4 is 13.8 Å². The van der Waals surface area contributed by atoms with Gasteiger partial charge in [-0.25, -0.2) is 0 Å². The van der Waals surface area contributed by atoms with Gasteiger partial charge >= 0.3 is 5.97 Å². The van der Waals surface area contributed by atoms with E-state index in [2.05, 4.69) is 111 Å². The standard InChI is InChI=1S/C60H106NO7P/c1-6-8-10-12-14-16-18-20-22-24-26-28-29-30-31-32-34-36-38-40-42-44-46-48-50-52-55-65-57-59(58-67-69(63,64)66-56-54-61(3,4)5)68-60(62)53-51-49-47-45-43-41-39-37-35-33-27-25-23-21-19-17-15-13-11-9-7-2/h8-11,14-17,20-23,26-28,33,59H,6-7,12-13,18-19,24-25,29-32,34-58H2,1-5H3/b10-8-,11-9-,16-14-,17-15-,22-20-,23-21-,28-26-,33-27-. The smallest absolute Gasteiger partial charge is 0.306 e. The summed E-state index contributed by atoms with van der Waals surface area (Å²) in [5, 5.41) is 0. The van der Waals surface area contributed by atoms with Crippen molar-refractivity contribution in [1.82, 2.24) is 0 Å². The largest absolute Gasteiger partial charge is 0.756 e. The maximum atomic E-state index is 12.8. The quantitative estimate of drug-likeness (QED) is 0.0197. The minimum atomic E-state index is -4.54. The highest BCUT2D eigenvalue weighted by molar-refractivity contribution is 7.45. The van der Waals surface area contributed by atoms with Crippen LogP contribution in [0.1, 0.15) is 219 Å². The van der Waals surface area contributed by atoms with Crippen molar-refractivity contribution in [2.24, 2.45) is 0 Å². The number of phosphoric ester groups is 1. The fourth-order valence-electron chi connectivity index (χ4n) is 7.41. The van der Waals surface area contributed by atoms with E-state index in [-0.39, 0.29) is 25.8 Å². The van der Waals surface area contributed by atoms with Crippen LogP contribution in [0.15, 0.2) is 97.2 Å². The zero-order valence-corrected chi connectivity index (χ0v) is 46.1. The molecule has 0 aromatic heterocycles. The summed E-state index contributed by atoms with van der Waals surface area (Å²) in [4.78, 5) is 25.2. The Hall–Kier alpha value is -2.58. The summed E-state index contributed by atoms with van der Waals surface area (Å²) in [7, 11) is 1.34. The average Bonchev–Trinajstić information content (AvgIpc) is 3.31. The maximum Gasteiger partial charge on any atom is 0.306 e. The molecule has 0 radical (unpaired) electrons. The molecule has 69 heavy (non-hydrogen) atoms. The molecule has 0 saturated heterocycles. The van der Waals surface area contributed by atoms with Crippen LogP contribution in [0.25, 0.3) is 0 Å². The van der Waals surface area contributed by atoms with Crippen molar-refractivity contribution in [2.45, 2.75) is 225 Å². The Kier molecular flexibility index (Phi) is 49.8. The topological polar surface area (TPSA) is 94.1 Å². The van der Waals surface area contributed by atoms with Crippen LogP contribution >= 0.6 is 7.82 Å². The SMILES string of the molecule is CC/C=C\C/C=C\C/C=C\C/C=C\CCCCCCCCCCCCCCCOCC(COP(=O)([O-])OCC[N+](C)(C)C)OC(=O)CCCCCCCCCC/C=C\C/C=C\C/C=C\C/C=C\CC. The summed E-state index contributed by atoms with van der Waals surface area (Å²) >= 11 is 0. The molecule has 0 aliphatic rings. The van der Waals surface area contributed by atoms with Crippen LogP contribution in [0.5, 0.6) is 0 Å². The number of quaternary nitrogens is 1. The molecular formula is C60H106NO7P. The predicted octanol–water partition coefficient (Wildman–Crippen LogP) is 17.1. The summed E-state index contributed by atoms with van der Waals surface area (Å²) < 4.78 is 34.8. The van der Waals surface area contributed by atoms with Gasteiger partial charge in [0, 0.05) is 13.0 Å². The number of hydrogen-bond acceptors (Lipinski definition) is 7. The van der Waals surface area contributed by atoms with Gasteiger partial charge in [0.2, 0.25) is 0 Å². The van der Waals surface area contributed by atoms with Gasteiger partial charge in [-0.3, -0.25) is 9.36 Å². The summed E-state index contributed by atoms with van der Waals surface area (Å²) in [6.45, 7) is 5.18. The monoisotopic (exact) mass is 984 g/mol. The van der Waals surface area contributed by atoms with Gasteiger partial charge in [-0.15, -0.1) is 0 Å². The molecule has 0 aromatic rings. The second-order valence-electron chi connectivity index (χ2n) is 19.5. The zero-order chi connectivity index (χ0) is 50.5. The Labute approximate surface area is 426 Å². The van der Waals surface area contributed by atoms with E-state index in [9.17, 15) is 14.3 Å². The van der Waals surface area contributed by atoms with Crippen LogP contribution < -0.4 is 4.89 Å². The number of unbranched alkanes of at least 4 members (excludes halogenated alkanes) is 21. The summed E-state index contributed by atoms with van der Waals surface area (Å²) in [5.41, 5.74) is 0. The molecule has 0 bridgehead atoms. The Bertz CT molecular complexity index is 1420. The van der Waals surface area contributed by atoms with E-state index in [1.165, 1.54) is 109 Å². The lowest BCUT2D eigenvalue weighted by Crippen LogP contribution is -2.37. The van der Waals surface area contributed by atoms with Crippen LogP contribution in [0.4, 0.5) is 0 Å². The molecule has 0 saturated carbocycles. The molecule has 398 valence electrons. The molecule has 0 rings (SSSR count). The maximum absolute atomic E-state index is 12.8. The molecule has 0 aliphatic heterocycles. The minimum absolute atomic E-state index is 0.0197. The molecule has 0 spiro atoms. The van der Waals surface area contributed by atoms with Crippen LogP contribution in [0, 0.1) is 0 Å². The molecule has 2 unspecified atom stereocenters. The summed E-state index contributed by atoms with van der Waals surface area (Å²) in [5.74, 6) is -0.344. The van der Waals surface area contributed by atoms with Gasteiger partial charge in [0.1, 0.15) is 19.3 Å². The second kappa shape index (κ2) is 51.8. The van der Waals surface area contributed by atoms with Gasteiger partial charge in [0.25, 0.3) is 7.82 Å². The van der Waals surface area contributed by atoms with Crippen LogP contribution in [-0.2, 0) is 27.9 Å². The number of hydrogen-bond donors (Lipinski definition) is 0. The van der Waals surface area contributed by atoms with Crippen LogP contribution in [-0.4, -0.2) is 70.7 Å². The van der Waals surface area contributed by atoms with Gasteiger partial charge in [-0.05, 0) is 89.9 Å². The highest BCUT2D eigenvalue weighted by Gasteiger charge is 2.20.